The van der Waals surface area contributed by atoms with E-state index in [0.717, 1.165) is 112 Å². The SMILES string of the molecule is COC1(C)CN(c2cc(Nc3cc(C)[nH]n3)nc(Sc3ccc(CC(=O)c4ccccc4Cl)cc3)n2)C1.Cc1cc(Nc2cc(N3CCC3)nc(Sc3ccc(NC(=O)c4cccc(Cl)c4)cc3)n2)n[nH]1.Cc1cc(Nc2cc(N3CCC3)nc(Sc3ccc(NC(=O)c4ccccc4)cc3)n2)n[nH]1.[HH].[HH].[HH].[HH].[HH].[HH].[HH].[HH]. The van der Waals surface area contributed by atoms with Crippen molar-refractivity contribution in [2.24, 2.45) is 0 Å². The molecule has 29 heteroatoms. The summed E-state index contributed by atoms with van der Waals surface area (Å²) in [5, 5.41) is 40.0. The number of H-pyrrole nitrogens is 3. The average molecular weight is 1500 g/mol. The molecule has 2 amide bonds. The number of hydrogen-bond donors (Lipinski definition) is 8. The molecule has 0 bridgehead atoms. The number of carbonyl (C=O) groups excluding carboxylic acids is 3. The Balaban J connectivity index is 0.000000290. The molecule has 8 N–H and O–H groups in total. The maximum absolute atomic E-state index is 12.7. The van der Waals surface area contributed by atoms with Gasteiger partial charge in [0.25, 0.3) is 11.8 Å². The summed E-state index contributed by atoms with van der Waals surface area (Å²) in [5.41, 5.74) is 6.74. The van der Waals surface area contributed by atoms with E-state index in [4.69, 9.17) is 47.9 Å². The molecule has 104 heavy (non-hydrogen) atoms. The van der Waals surface area contributed by atoms with Crippen LogP contribution < -0.4 is 41.3 Å². The fourth-order valence-corrected chi connectivity index (χ4v) is 13.6. The molecule has 0 atom stereocenters. The number of nitrogens with one attached hydrogen (secondary N) is 8. The van der Waals surface area contributed by atoms with Crippen LogP contribution in [0.15, 0.2) is 218 Å². The number of rotatable bonds is 23. The fraction of sp³-hybridized carbons (Fsp3) is 0.200. The van der Waals surface area contributed by atoms with Crippen molar-refractivity contribution in [3.05, 3.63) is 237 Å². The largest absolute Gasteiger partial charge is 0.375 e. The maximum atomic E-state index is 12.7. The number of ketones is 1. The summed E-state index contributed by atoms with van der Waals surface area (Å²) in [6, 6.07) is 57.8. The number of Topliss-reactive ketones (excluding diaryl/α,β-unsaturated/α-hetero) is 1. The molecular formula is C75H88Cl2N20O4S3. The highest BCUT2D eigenvalue weighted by Crippen LogP contribution is 2.37. The molecule has 0 aliphatic carbocycles. The second-order valence-corrected chi connectivity index (χ2v) is 28.9. The van der Waals surface area contributed by atoms with Crippen molar-refractivity contribution in [3.63, 3.8) is 0 Å². The molecule has 15 rings (SSSR count). The van der Waals surface area contributed by atoms with Crippen molar-refractivity contribution in [1.82, 2.24) is 60.5 Å². The van der Waals surface area contributed by atoms with Gasteiger partial charge >= 0.3 is 0 Å². The summed E-state index contributed by atoms with van der Waals surface area (Å²) in [6.07, 6.45) is 2.62. The van der Waals surface area contributed by atoms with Gasteiger partial charge in [-0.15, -0.1) is 0 Å². The number of aromatic amines is 3. The number of halogens is 2. The van der Waals surface area contributed by atoms with Crippen LogP contribution in [0.25, 0.3) is 0 Å². The number of aromatic nitrogens is 12. The van der Waals surface area contributed by atoms with Gasteiger partial charge < -0.3 is 46.0 Å². The second-order valence-electron chi connectivity index (χ2n) is 24.9. The van der Waals surface area contributed by atoms with Crippen LogP contribution in [-0.2, 0) is 11.2 Å². The normalized spacial score (nSPS) is 13.4. The monoisotopic (exact) mass is 1500 g/mol. The number of hydrogen-bond acceptors (Lipinski definition) is 22. The number of nitrogens with zero attached hydrogens (tertiary/aromatic N) is 12. The van der Waals surface area contributed by atoms with Gasteiger partial charge in [-0.25, -0.2) is 29.9 Å². The zero-order valence-electron chi connectivity index (χ0n) is 57.2. The van der Waals surface area contributed by atoms with Crippen molar-refractivity contribution in [3.8, 4) is 0 Å². The van der Waals surface area contributed by atoms with Gasteiger partial charge in [0.1, 0.15) is 34.9 Å². The third-order valence-electron chi connectivity index (χ3n) is 16.6. The lowest BCUT2D eigenvalue weighted by atomic mass is 9.97. The number of carbonyl (C=O) groups is 3. The number of ether oxygens (including phenoxy) is 1. The van der Waals surface area contributed by atoms with Gasteiger partial charge in [0, 0.05) is 165 Å². The zero-order valence-corrected chi connectivity index (χ0v) is 61.2. The van der Waals surface area contributed by atoms with Gasteiger partial charge in [-0.2, -0.15) is 15.3 Å². The minimum absolute atomic E-state index is 0. The highest BCUT2D eigenvalue weighted by molar-refractivity contribution is 7.99. The quantitative estimate of drug-likeness (QED) is 0.0218. The van der Waals surface area contributed by atoms with Crippen molar-refractivity contribution in [2.75, 3.05) is 87.7 Å². The molecule has 0 radical (unpaired) electrons. The fourth-order valence-electron chi connectivity index (χ4n) is 10.8. The molecule has 12 aromatic rings. The lowest BCUT2D eigenvalue weighted by molar-refractivity contribution is -0.0172. The summed E-state index contributed by atoms with van der Waals surface area (Å²) in [6.45, 7) is 13.4. The van der Waals surface area contributed by atoms with Crippen LogP contribution >= 0.6 is 58.5 Å². The van der Waals surface area contributed by atoms with Crippen LogP contribution in [0.4, 0.5) is 63.7 Å². The molecule has 3 aliphatic heterocycles. The summed E-state index contributed by atoms with van der Waals surface area (Å²) in [4.78, 5) is 75.4. The summed E-state index contributed by atoms with van der Waals surface area (Å²) < 4.78 is 5.60. The van der Waals surface area contributed by atoms with E-state index < -0.39 is 0 Å². The highest BCUT2D eigenvalue weighted by Gasteiger charge is 2.40. The zero-order chi connectivity index (χ0) is 72.1. The molecule has 3 fully saturated rings. The van der Waals surface area contributed by atoms with Gasteiger partial charge in [-0.1, -0.05) is 71.7 Å². The predicted octanol–water partition coefficient (Wildman–Crippen LogP) is 18.1. The molecule has 0 unspecified atom stereocenters. The van der Waals surface area contributed by atoms with Crippen LogP contribution in [0, 0.1) is 20.8 Å². The number of methoxy groups -OCH3 is 1. The van der Waals surface area contributed by atoms with Gasteiger partial charge in [-0.3, -0.25) is 29.7 Å². The Morgan fingerprint density at radius 3 is 1.30 bits per heavy atom. The van der Waals surface area contributed by atoms with E-state index in [2.05, 4.69) is 88.8 Å². The highest BCUT2D eigenvalue weighted by atomic mass is 35.5. The number of amides is 2. The van der Waals surface area contributed by atoms with Crippen LogP contribution in [0.2, 0.25) is 10.0 Å². The molecule has 3 aliphatic rings. The standard InChI is InChI=1S/C27H27ClN6O2S.C24H22ClN7OS.C24H23N7OS.8H2/c1-17-12-24(33-32-17)29-23-14-25(34-15-27(2,16-34)36-3)31-26(30-23)37-19-10-8-18(9-11-19)13-22(35)20-6-4-5-7-21(20)28;1-15-12-21(31-30-15)27-20-14-22(32-10-3-11-32)29-24(28-20)34-19-8-6-18(7-9-19)26-23(33)16-4-2-5-17(25)13-16;1-16-14-21(30-29-16)26-20-15-22(31-12-5-13-31)28-24(27-20)33-19-10-8-18(9-11-19)25-23(32)17-6-3-2-4-7-17;;;;;;;;/h4-12,14H,13,15-16H2,1-3H3,(H2,29,30,31,32,33);2,4-9,12-14H,3,10-11H2,1H3,(H,26,33)(H2,27,28,29,30,31);2-4,6-11,14-15H,5,12-13H2,1H3,(H,25,32)(H2,26,27,28,29,30);8*1H. The topological polar surface area (TPSA) is 294 Å². The van der Waals surface area contributed by atoms with Crippen molar-refractivity contribution < 1.29 is 30.5 Å². The van der Waals surface area contributed by atoms with Crippen molar-refractivity contribution >= 4 is 140 Å². The number of benzene rings is 6. The molecular weight excluding hydrogens is 1410 g/mol. The molecule has 0 saturated carbocycles. The molecule has 6 aromatic heterocycles. The first kappa shape index (κ1) is 71.6. The Morgan fingerprint density at radius 2 is 0.894 bits per heavy atom. The third-order valence-corrected chi connectivity index (χ3v) is 19.8. The lowest BCUT2D eigenvalue weighted by Crippen LogP contribution is -2.61. The van der Waals surface area contributed by atoms with E-state index in [1.165, 1.54) is 41.7 Å². The summed E-state index contributed by atoms with van der Waals surface area (Å²) >= 11 is 16.6. The first-order valence-corrected chi connectivity index (χ1v) is 36.5. The van der Waals surface area contributed by atoms with Gasteiger partial charge in [0.15, 0.2) is 38.7 Å². The van der Waals surface area contributed by atoms with Crippen LogP contribution in [-0.4, -0.2) is 130 Å². The van der Waals surface area contributed by atoms with E-state index in [1.54, 1.807) is 55.6 Å². The van der Waals surface area contributed by atoms with Gasteiger partial charge in [0.05, 0.1) is 10.6 Å². The minimum Gasteiger partial charge on any atom is -0.375 e. The van der Waals surface area contributed by atoms with Crippen molar-refractivity contribution in [1.29, 1.82) is 0 Å². The first-order valence-electron chi connectivity index (χ1n) is 33.3. The van der Waals surface area contributed by atoms with E-state index in [-0.39, 0.29) is 41.0 Å². The average Bonchev–Trinajstić information content (AvgIpc) is 1.60. The molecule has 0 spiro atoms. The van der Waals surface area contributed by atoms with Gasteiger partial charge in [0.2, 0.25) is 0 Å². The Bertz CT molecular complexity index is 5020. The summed E-state index contributed by atoms with van der Waals surface area (Å²) in [5.74, 6) is 6.43. The lowest BCUT2D eigenvalue weighted by Gasteiger charge is -2.47. The van der Waals surface area contributed by atoms with Crippen LogP contribution in [0.1, 0.15) is 84.9 Å². The molecule has 544 valence electrons. The van der Waals surface area contributed by atoms with Gasteiger partial charge in [-0.05, 0) is 185 Å². The molecule has 6 aromatic carbocycles. The number of anilines is 11. The Kier molecular flexibility index (Phi) is 22.8. The Morgan fingerprint density at radius 1 is 0.481 bits per heavy atom. The third kappa shape index (κ3) is 19.3. The van der Waals surface area contributed by atoms with E-state index in [0.29, 0.717) is 77.0 Å². The first-order chi connectivity index (χ1) is 50.4. The Hall–Kier alpha value is -10.8. The van der Waals surface area contributed by atoms with Crippen LogP contribution in [0.5, 0.6) is 0 Å². The van der Waals surface area contributed by atoms with E-state index in [1.807, 2.05) is 160 Å². The molecule has 9 heterocycles. The summed E-state index contributed by atoms with van der Waals surface area (Å²) in [7, 11) is 1.73. The maximum Gasteiger partial charge on any atom is 0.255 e. The van der Waals surface area contributed by atoms with Crippen molar-refractivity contribution in [2.45, 2.75) is 82.7 Å². The second kappa shape index (κ2) is 33.1. The Labute approximate surface area is 635 Å². The number of aryl methyl sites for hydroxylation is 3. The molecule has 24 nitrogen and oxygen atoms in total. The van der Waals surface area contributed by atoms with E-state index in [9.17, 15) is 14.4 Å². The van der Waals surface area contributed by atoms with Crippen LogP contribution in [0.3, 0.4) is 0 Å². The van der Waals surface area contributed by atoms with E-state index >= 15 is 0 Å². The predicted molar refractivity (Wildman–Crippen MR) is 429 cm³/mol. The smallest absolute Gasteiger partial charge is 0.255 e. The molecule has 3 saturated heterocycles. The minimum atomic E-state index is -0.210.